The van der Waals surface area contributed by atoms with Crippen LogP contribution in [0, 0.1) is 13.0 Å². The lowest BCUT2D eigenvalue weighted by Crippen LogP contribution is -2.10. The summed E-state index contributed by atoms with van der Waals surface area (Å²) in [4.78, 5) is 2.36. The van der Waals surface area contributed by atoms with Gasteiger partial charge in [-0.1, -0.05) is 23.8 Å². The van der Waals surface area contributed by atoms with E-state index in [1.165, 1.54) is 0 Å². The van der Waals surface area contributed by atoms with E-state index >= 15 is 0 Å². The molecule has 4 heteroatoms. The average molecular weight is 274 g/mol. The number of hydrogen-bond acceptors (Lipinski definition) is 3. The summed E-state index contributed by atoms with van der Waals surface area (Å²) in [6.07, 6.45) is 0. The summed E-state index contributed by atoms with van der Waals surface area (Å²) in [5.74, 6) is 0. The van der Waals surface area contributed by atoms with Gasteiger partial charge in [-0.25, -0.2) is 8.42 Å². The maximum absolute atomic E-state index is 12.5. The first-order chi connectivity index (χ1) is 8.91. The van der Waals surface area contributed by atoms with Gasteiger partial charge in [-0.2, -0.15) is 0 Å². The summed E-state index contributed by atoms with van der Waals surface area (Å²) < 4.78 is 24.9. The summed E-state index contributed by atoms with van der Waals surface area (Å²) >= 11 is 0. The third kappa shape index (κ3) is 2.79. The van der Waals surface area contributed by atoms with E-state index in [9.17, 15) is 8.42 Å². The van der Waals surface area contributed by atoms with Crippen molar-refractivity contribution in [2.75, 3.05) is 19.0 Å². The largest absolute Gasteiger partial charge is 0.378 e. The zero-order valence-corrected chi connectivity index (χ0v) is 12.0. The van der Waals surface area contributed by atoms with Gasteiger partial charge in [0.1, 0.15) is 0 Å². The maximum atomic E-state index is 12.5. The molecule has 0 aliphatic rings. The lowest BCUT2D eigenvalue weighted by Gasteiger charge is -2.13. The summed E-state index contributed by atoms with van der Waals surface area (Å²) in [6.45, 7) is 1.93. The number of rotatable bonds is 3. The molecule has 0 saturated carbocycles. The number of hydrogen-bond donors (Lipinski definition) is 0. The molecule has 0 atom stereocenters. The van der Waals surface area contributed by atoms with Crippen molar-refractivity contribution in [1.82, 2.24) is 0 Å². The van der Waals surface area contributed by atoms with E-state index in [1.807, 2.05) is 32.0 Å². The van der Waals surface area contributed by atoms with Crippen molar-refractivity contribution in [2.45, 2.75) is 16.7 Å². The lowest BCUT2D eigenvalue weighted by molar-refractivity contribution is 0.596. The van der Waals surface area contributed by atoms with Crippen molar-refractivity contribution in [1.29, 1.82) is 0 Å². The monoisotopic (exact) mass is 274 g/mol. The van der Waals surface area contributed by atoms with Crippen LogP contribution in [-0.2, 0) is 9.84 Å². The number of sulfone groups is 1. The molecule has 0 amide bonds. The van der Waals surface area contributed by atoms with Gasteiger partial charge in [-0.15, -0.1) is 0 Å². The van der Waals surface area contributed by atoms with E-state index in [-0.39, 0.29) is 4.90 Å². The highest BCUT2D eigenvalue weighted by Gasteiger charge is 2.18. The molecule has 0 fully saturated rings. The Labute approximate surface area is 114 Å². The fourth-order valence-electron chi connectivity index (χ4n) is 1.71. The van der Waals surface area contributed by atoms with Gasteiger partial charge in [-0.3, -0.25) is 0 Å². The van der Waals surface area contributed by atoms with E-state index in [1.54, 1.807) is 36.4 Å². The minimum Gasteiger partial charge on any atom is -0.378 e. The Hall–Kier alpha value is -1.81. The molecule has 0 aromatic heterocycles. The van der Waals surface area contributed by atoms with Crippen LogP contribution >= 0.6 is 0 Å². The predicted molar refractivity (Wildman–Crippen MR) is 76.2 cm³/mol. The molecule has 0 spiro atoms. The molecule has 1 radical (unpaired) electrons. The highest BCUT2D eigenvalue weighted by atomic mass is 32.2. The number of aryl methyl sites for hydroxylation is 1. The normalized spacial score (nSPS) is 11.3. The molecular formula is C15H16NO2S. The minimum atomic E-state index is -3.49. The standard InChI is InChI=1S/C15H16NO2S/c1-12-7-9-14(10-8-12)19(17,18)15-6-4-5-13(11-15)16(2)3/h4-5,7-11H,1-3H3. The molecule has 2 rings (SSSR count). The summed E-state index contributed by atoms with van der Waals surface area (Å²) in [5.41, 5.74) is 1.87. The topological polar surface area (TPSA) is 37.4 Å². The van der Waals surface area contributed by atoms with Gasteiger partial charge in [-0.05, 0) is 31.2 Å². The first-order valence-corrected chi connectivity index (χ1v) is 7.40. The van der Waals surface area contributed by atoms with Crippen LogP contribution < -0.4 is 4.90 Å². The van der Waals surface area contributed by atoms with Crippen molar-refractivity contribution in [3.05, 3.63) is 54.1 Å². The first kappa shape index (κ1) is 13.6. The number of nitrogens with zero attached hydrogens (tertiary/aromatic N) is 1. The third-order valence-electron chi connectivity index (χ3n) is 2.90. The van der Waals surface area contributed by atoms with Crippen LogP contribution in [0.1, 0.15) is 5.56 Å². The van der Waals surface area contributed by atoms with Crippen LogP contribution in [-0.4, -0.2) is 22.5 Å². The predicted octanol–water partition coefficient (Wildman–Crippen LogP) is 2.69. The molecule has 0 unspecified atom stereocenters. The third-order valence-corrected chi connectivity index (χ3v) is 4.60. The summed E-state index contributed by atoms with van der Waals surface area (Å²) in [6, 6.07) is 14.7. The van der Waals surface area contributed by atoms with Crippen LogP contribution in [0.15, 0.2) is 52.3 Å². The fraction of sp³-hybridized carbons (Fsp3) is 0.200. The second-order valence-corrected chi connectivity index (χ2v) is 6.54. The van der Waals surface area contributed by atoms with Crippen LogP contribution in [0.3, 0.4) is 0 Å². The van der Waals surface area contributed by atoms with Gasteiger partial charge in [0.25, 0.3) is 0 Å². The molecule has 3 nitrogen and oxygen atoms in total. The van der Waals surface area contributed by atoms with E-state index in [2.05, 4.69) is 6.07 Å². The van der Waals surface area contributed by atoms with Gasteiger partial charge in [0, 0.05) is 25.8 Å². The van der Waals surface area contributed by atoms with Crippen molar-refractivity contribution >= 4 is 15.5 Å². The van der Waals surface area contributed by atoms with Gasteiger partial charge in [0.15, 0.2) is 0 Å². The van der Waals surface area contributed by atoms with Crippen LogP contribution in [0.25, 0.3) is 0 Å². The highest BCUT2D eigenvalue weighted by molar-refractivity contribution is 7.91. The molecule has 0 heterocycles. The average Bonchev–Trinajstić information content (AvgIpc) is 2.39. The molecule has 2 aromatic carbocycles. The Kier molecular flexibility index (Phi) is 3.62. The molecule has 99 valence electrons. The smallest absolute Gasteiger partial charge is 0.207 e. The van der Waals surface area contributed by atoms with Crippen molar-refractivity contribution in [2.24, 2.45) is 0 Å². The fourth-order valence-corrected chi connectivity index (χ4v) is 2.96. The van der Waals surface area contributed by atoms with Gasteiger partial charge in [0.05, 0.1) is 9.79 Å². The Morgan fingerprint density at radius 2 is 1.68 bits per heavy atom. The Bertz CT molecular complexity index is 674. The second kappa shape index (κ2) is 5.05. The van der Waals surface area contributed by atoms with Crippen LogP contribution in [0.2, 0.25) is 0 Å². The molecule has 0 saturated heterocycles. The van der Waals surface area contributed by atoms with Crippen LogP contribution in [0.5, 0.6) is 0 Å². The summed E-state index contributed by atoms with van der Waals surface area (Å²) in [7, 11) is 0.251. The summed E-state index contributed by atoms with van der Waals surface area (Å²) in [5, 5.41) is 0. The van der Waals surface area contributed by atoms with E-state index in [0.717, 1.165) is 11.3 Å². The Morgan fingerprint density at radius 1 is 1.05 bits per heavy atom. The zero-order valence-electron chi connectivity index (χ0n) is 11.2. The number of benzene rings is 2. The molecule has 0 bridgehead atoms. The Balaban J connectivity index is 2.50. The van der Waals surface area contributed by atoms with Gasteiger partial charge >= 0.3 is 0 Å². The van der Waals surface area contributed by atoms with E-state index in [0.29, 0.717) is 4.90 Å². The minimum absolute atomic E-state index is 0.197. The van der Waals surface area contributed by atoms with Crippen LogP contribution in [0.4, 0.5) is 5.69 Å². The zero-order chi connectivity index (χ0) is 14.0. The highest BCUT2D eigenvalue weighted by Crippen LogP contribution is 2.24. The van der Waals surface area contributed by atoms with Gasteiger partial charge < -0.3 is 4.90 Å². The molecule has 2 aromatic rings. The maximum Gasteiger partial charge on any atom is 0.207 e. The van der Waals surface area contributed by atoms with E-state index in [4.69, 9.17) is 0 Å². The molecule has 19 heavy (non-hydrogen) atoms. The molecular weight excluding hydrogens is 258 g/mol. The van der Waals surface area contributed by atoms with E-state index < -0.39 is 9.84 Å². The number of anilines is 1. The molecule has 0 aliphatic carbocycles. The lowest BCUT2D eigenvalue weighted by atomic mass is 10.2. The SMILES string of the molecule is Cc1ccc(S(=O)(=O)c2[c]ccc(N(C)C)c2)cc1. The van der Waals surface area contributed by atoms with Gasteiger partial charge in [0.2, 0.25) is 9.84 Å². The Morgan fingerprint density at radius 3 is 2.26 bits per heavy atom. The molecule has 0 aliphatic heterocycles. The molecule has 0 N–H and O–H groups in total. The van der Waals surface area contributed by atoms with Crippen molar-refractivity contribution in [3.63, 3.8) is 0 Å². The quantitative estimate of drug-likeness (QED) is 0.863. The van der Waals surface area contributed by atoms with Crippen molar-refractivity contribution < 1.29 is 8.42 Å². The first-order valence-electron chi connectivity index (χ1n) is 5.92. The van der Waals surface area contributed by atoms with Crippen molar-refractivity contribution in [3.8, 4) is 0 Å². The second-order valence-electron chi connectivity index (χ2n) is 4.62.